The lowest BCUT2D eigenvalue weighted by atomic mass is 9.93. The predicted octanol–water partition coefficient (Wildman–Crippen LogP) is 2.51. The van der Waals surface area contributed by atoms with Crippen molar-refractivity contribution in [3.8, 4) is 5.75 Å². The average molecular weight is 360 g/mol. The van der Waals surface area contributed by atoms with E-state index in [4.69, 9.17) is 4.74 Å². The van der Waals surface area contributed by atoms with Crippen LogP contribution in [0.15, 0.2) is 24.3 Å². The van der Waals surface area contributed by atoms with Crippen LogP contribution in [0.3, 0.4) is 0 Å². The van der Waals surface area contributed by atoms with Gasteiger partial charge in [-0.1, -0.05) is 12.1 Å². The molecule has 0 spiro atoms. The fraction of sp³-hybridized carbons (Fsp3) is 0.667. The van der Waals surface area contributed by atoms with E-state index in [1.807, 2.05) is 19.1 Å². The minimum absolute atomic E-state index is 0.351. The Kier molecular flexibility index (Phi) is 7.32. The van der Waals surface area contributed by atoms with Gasteiger partial charge < -0.3 is 15.0 Å². The Morgan fingerprint density at radius 1 is 1.12 bits per heavy atom. The number of hydrogen-bond acceptors (Lipinski definition) is 4. The molecule has 2 fully saturated rings. The van der Waals surface area contributed by atoms with Crippen LogP contribution in [0.4, 0.5) is 0 Å². The fourth-order valence-corrected chi connectivity index (χ4v) is 3.93. The van der Waals surface area contributed by atoms with Gasteiger partial charge in [0.2, 0.25) is 5.91 Å². The van der Waals surface area contributed by atoms with Gasteiger partial charge in [-0.15, -0.1) is 0 Å². The molecule has 2 saturated heterocycles. The number of ether oxygens (including phenoxy) is 1. The first-order chi connectivity index (χ1) is 12.7. The van der Waals surface area contributed by atoms with Crippen molar-refractivity contribution in [2.24, 2.45) is 5.92 Å². The summed E-state index contributed by atoms with van der Waals surface area (Å²) in [6, 6.07) is 8.36. The topological polar surface area (TPSA) is 44.8 Å². The summed E-state index contributed by atoms with van der Waals surface area (Å²) in [4.78, 5) is 17.0. The third-order valence-corrected chi connectivity index (χ3v) is 5.59. The molecule has 5 heteroatoms. The molecule has 1 aromatic carbocycles. The number of benzene rings is 1. The van der Waals surface area contributed by atoms with Gasteiger partial charge in [0.25, 0.3) is 0 Å². The van der Waals surface area contributed by atoms with E-state index in [1.165, 1.54) is 18.4 Å². The van der Waals surface area contributed by atoms with Gasteiger partial charge in [-0.05, 0) is 62.9 Å². The van der Waals surface area contributed by atoms with Crippen LogP contribution in [0, 0.1) is 5.92 Å². The summed E-state index contributed by atoms with van der Waals surface area (Å²) in [6.45, 7) is 9.53. The maximum Gasteiger partial charge on any atom is 0.222 e. The van der Waals surface area contributed by atoms with Crippen molar-refractivity contribution in [3.05, 3.63) is 29.8 Å². The van der Waals surface area contributed by atoms with Gasteiger partial charge in [-0.25, -0.2) is 0 Å². The second kappa shape index (κ2) is 9.93. The number of nitrogens with one attached hydrogen (secondary N) is 1. The molecule has 26 heavy (non-hydrogen) atoms. The Bertz CT molecular complexity index is 547. The molecule has 1 N–H and O–H groups in total. The van der Waals surface area contributed by atoms with Gasteiger partial charge >= 0.3 is 0 Å². The molecule has 2 heterocycles. The molecule has 1 amide bonds. The molecular formula is C21H33N3O2. The molecule has 0 aliphatic carbocycles. The Morgan fingerprint density at radius 3 is 2.46 bits per heavy atom. The molecule has 3 rings (SSSR count). The third kappa shape index (κ3) is 5.71. The molecule has 0 unspecified atom stereocenters. The predicted molar refractivity (Wildman–Crippen MR) is 104 cm³/mol. The van der Waals surface area contributed by atoms with Crippen LogP contribution in [-0.2, 0) is 11.3 Å². The van der Waals surface area contributed by atoms with Gasteiger partial charge in [-0.3, -0.25) is 9.69 Å². The van der Waals surface area contributed by atoms with Crippen LogP contribution >= 0.6 is 0 Å². The molecule has 1 aromatic rings. The van der Waals surface area contributed by atoms with Crippen LogP contribution in [0.25, 0.3) is 0 Å². The van der Waals surface area contributed by atoms with E-state index >= 15 is 0 Å². The quantitative estimate of drug-likeness (QED) is 0.812. The summed E-state index contributed by atoms with van der Waals surface area (Å²) >= 11 is 0. The van der Waals surface area contributed by atoms with Crippen molar-refractivity contribution in [2.75, 3.05) is 45.9 Å². The first-order valence-electron chi connectivity index (χ1n) is 10.2. The van der Waals surface area contributed by atoms with Gasteiger partial charge in [-0.2, -0.15) is 0 Å². The molecule has 0 saturated carbocycles. The minimum Gasteiger partial charge on any atom is -0.494 e. The second-order valence-electron chi connectivity index (χ2n) is 7.47. The van der Waals surface area contributed by atoms with E-state index < -0.39 is 0 Å². The summed E-state index contributed by atoms with van der Waals surface area (Å²) in [7, 11) is 0. The van der Waals surface area contributed by atoms with Crippen molar-refractivity contribution < 1.29 is 9.53 Å². The van der Waals surface area contributed by atoms with Gasteiger partial charge in [0.1, 0.15) is 5.75 Å². The zero-order chi connectivity index (χ0) is 18.2. The van der Waals surface area contributed by atoms with E-state index in [0.29, 0.717) is 12.5 Å². The van der Waals surface area contributed by atoms with Crippen LogP contribution in [0.5, 0.6) is 5.75 Å². The molecule has 5 nitrogen and oxygen atoms in total. The Morgan fingerprint density at radius 2 is 1.81 bits per heavy atom. The smallest absolute Gasteiger partial charge is 0.222 e. The van der Waals surface area contributed by atoms with Gasteiger partial charge in [0.05, 0.1) is 6.61 Å². The lowest BCUT2D eigenvalue weighted by molar-refractivity contribution is -0.133. The van der Waals surface area contributed by atoms with Gasteiger partial charge in [0, 0.05) is 39.1 Å². The number of rotatable bonds is 7. The first-order valence-corrected chi connectivity index (χ1v) is 10.2. The van der Waals surface area contributed by atoms with Crippen molar-refractivity contribution in [1.82, 2.24) is 15.1 Å². The lowest BCUT2D eigenvalue weighted by Crippen LogP contribution is -2.48. The van der Waals surface area contributed by atoms with Crippen molar-refractivity contribution in [1.29, 1.82) is 0 Å². The minimum atomic E-state index is 0.351. The number of carbonyl (C=O) groups excluding carboxylic acids is 1. The van der Waals surface area contributed by atoms with Crippen molar-refractivity contribution in [3.63, 3.8) is 0 Å². The first kappa shape index (κ1) is 19.2. The summed E-state index contributed by atoms with van der Waals surface area (Å²) in [6.07, 6.45) is 4.24. The van der Waals surface area contributed by atoms with Crippen LogP contribution in [-0.4, -0.2) is 61.6 Å². The zero-order valence-electron chi connectivity index (χ0n) is 16.1. The fourth-order valence-electron chi connectivity index (χ4n) is 3.93. The maximum absolute atomic E-state index is 12.5. The highest BCUT2D eigenvalue weighted by Crippen LogP contribution is 2.19. The van der Waals surface area contributed by atoms with Crippen molar-refractivity contribution in [2.45, 2.75) is 39.2 Å². The van der Waals surface area contributed by atoms with Crippen LogP contribution < -0.4 is 10.1 Å². The van der Waals surface area contributed by atoms with Crippen LogP contribution in [0.1, 0.15) is 38.2 Å². The van der Waals surface area contributed by atoms with Crippen molar-refractivity contribution >= 4 is 5.91 Å². The lowest BCUT2D eigenvalue weighted by Gasteiger charge is -2.35. The molecule has 0 aromatic heterocycles. The average Bonchev–Trinajstić information content (AvgIpc) is 2.69. The normalized spacial score (nSPS) is 19.5. The number of hydrogen-bond donors (Lipinski definition) is 1. The number of piperidine rings is 1. The zero-order valence-corrected chi connectivity index (χ0v) is 16.1. The molecule has 144 valence electrons. The highest BCUT2D eigenvalue weighted by molar-refractivity contribution is 5.76. The standard InChI is InChI=1S/C21H33N3O2/c1-2-26-20-6-3-19(4-7-20)17-23-13-15-24(16-14-23)21(25)8-5-18-9-11-22-12-10-18/h3-4,6-7,18,22H,2,5,8-17H2,1H3. The van der Waals surface area contributed by atoms with E-state index in [2.05, 4.69) is 27.2 Å². The summed E-state index contributed by atoms with van der Waals surface area (Å²) in [5.74, 6) is 2.02. The van der Waals surface area contributed by atoms with E-state index in [0.717, 1.165) is 70.3 Å². The number of piperazine rings is 1. The number of nitrogens with zero attached hydrogens (tertiary/aromatic N) is 2. The molecule has 0 bridgehead atoms. The highest BCUT2D eigenvalue weighted by atomic mass is 16.5. The van der Waals surface area contributed by atoms with E-state index in [9.17, 15) is 4.79 Å². The molecule has 2 aliphatic rings. The molecule has 2 aliphatic heterocycles. The third-order valence-electron chi connectivity index (χ3n) is 5.59. The Labute approximate surface area is 157 Å². The monoisotopic (exact) mass is 359 g/mol. The summed E-state index contributed by atoms with van der Waals surface area (Å²) < 4.78 is 5.50. The van der Waals surface area contributed by atoms with E-state index in [-0.39, 0.29) is 0 Å². The Hall–Kier alpha value is -1.59. The number of amides is 1. The summed E-state index contributed by atoms with van der Waals surface area (Å²) in [5, 5.41) is 3.39. The number of carbonyl (C=O) groups is 1. The maximum atomic E-state index is 12.5. The van der Waals surface area contributed by atoms with Gasteiger partial charge in [0.15, 0.2) is 0 Å². The highest BCUT2D eigenvalue weighted by Gasteiger charge is 2.22. The molecule has 0 radical (unpaired) electrons. The Balaban J connectivity index is 1.37. The molecule has 0 atom stereocenters. The largest absolute Gasteiger partial charge is 0.494 e. The SMILES string of the molecule is CCOc1ccc(CN2CCN(C(=O)CCC3CCNCC3)CC2)cc1. The van der Waals surface area contributed by atoms with E-state index in [1.54, 1.807) is 0 Å². The second-order valence-corrected chi connectivity index (χ2v) is 7.47. The van der Waals surface area contributed by atoms with Crippen LogP contribution in [0.2, 0.25) is 0 Å². The summed E-state index contributed by atoms with van der Waals surface area (Å²) in [5.41, 5.74) is 1.30. The molecular weight excluding hydrogens is 326 g/mol.